The second-order valence-corrected chi connectivity index (χ2v) is 5.31. The number of hydrogen-bond donors (Lipinski definition) is 2. The van der Waals surface area contributed by atoms with Gasteiger partial charge in [0, 0.05) is 10.1 Å². The van der Waals surface area contributed by atoms with Crippen LogP contribution < -0.4 is 16.0 Å². The third-order valence-electron chi connectivity index (χ3n) is 2.99. The van der Waals surface area contributed by atoms with Crippen LogP contribution in [0.5, 0.6) is 5.75 Å². The van der Waals surface area contributed by atoms with Gasteiger partial charge in [0.15, 0.2) is 5.75 Å². The summed E-state index contributed by atoms with van der Waals surface area (Å²) in [6, 6.07) is 8.05. The van der Waals surface area contributed by atoms with E-state index in [1.54, 1.807) is 13.3 Å². The van der Waals surface area contributed by atoms with Gasteiger partial charge in [0.1, 0.15) is 5.69 Å². The average Bonchev–Trinajstić information content (AvgIpc) is 2.83. The molecule has 0 spiro atoms. The number of nitrogens with one attached hydrogen (secondary N) is 1. The molecule has 0 aliphatic carbocycles. The SMILES string of the molecule is CCn1ncc(OC)c1C(NN)c1cccc(I)c1. The summed E-state index contributed by atoms with van der Waals surface area (Å²) in [6.07, 6.45) is 1.72. The Morgan fingerprint density at radius 2 is 2.32 bits per heavy atom. The van der Waals surface area contributed by atoms with Gasteiger partial charge in [-0.05, 0) is 47.2 Å². The molecule has 2 aromatic rings. The molecule has 0 fully saturated rings. The van der Waals surface area contributed by atoms with Crippen molar-refractivity contribution in [3.63, 3.8) is 0 Å². The van der Waals surface area contributed by atoms with Gasteiger partial charge in [0.05, 0.1) is 19.3 Å². The van der Waals surface area contributed by atoms with Crippen molar-refractivity contribution in [3.05, 3.63) is 45.3 Å². The monoisotopic (exact) mass is 372 g/mol. The summed E-state index contributed by atoms with van der Waals surface area (Å²) in [5.41, 5.74) is 4.88. The first-order chi connectivity index (χ1) is 9.21. The molecular formula is C13H17IN4O. The molecule has 3 N–H and O–H groups in total. The molecule has 19 heavy (non-hydrogen) atoms. The highest BCUT2D eigenvalue weighted by molar-refractivity contribution is 14.1. The van der Waals surface area contributed by atoms with Crippen molar-refractivity contribution < 1.29 is 4.74 Å². The van der Waals surface area contributed by atoms with Crippen LogP contribution in [0.15, 0.2) is 30.5 Å². The van der Waals surface area contributed by atoms with Crippen molar-refractivity contribution in [2.75, 3.05) is 7.11 Å². The minimum atomic E-state index is -0.146. The first kappa shape index (κ1) is 14.3. The Kier molecular flexibility index (Phi) is 4.78. The van der Waals surface area contributed by atoms with Crippen LogP contribution >= 0.6 is 22.6 Å². The van der Waals surface area contributed by atoms with Crippen molar-refractivity contribution >= 4 is 22.6 Å². The number of aryl methyl sites for hydroxylation is 1. The van der Waals surface area contributed by atoms with Crippen molar-refractivity contribution in [1.82, 2.24) is 15.2 Å². The van der Waals surface area contributed by atoms with E-state index in [0.29, 0.717) is 0 Å². The summed E-state index contributed by atoms with van der Waals surface area (Å²) >= 11 is 2.29. The Morgan fingerprint density at radius 3 is 2.89 bits per heavy atom. The van der Waals surface area contributed by atoms with Gasteiger partial charge < -0.3 is 4.74 Å². The summed E-state index contributed by atoms with van der Waals surface area (Å²) in [5, 5.41) is 4.32. The Morgan fingerprint density at radius 1 is 1.53 bits per heavy atom. The van der Waals surface area contributed by atoms with E-state index in [4.69, 9.17) is 10.6 Å². The number of rotatable bonds is 5. The second kappa shape index (κ2) is 6.36. The topological polar surface area (TPSA) is 65.1 Å². The van der Waals surface area contributed by atoms with Gasteiger partial charge in [-0.15, -0.1) is 0 Å². The van der Waals surface area contributed by atoms with E-state index in [2.05, 4.69) is 39.2 Å². The Labute approximate surface area is 126 Å². The number of benzene rings is 1. The number of halogens is 1. The number of aromatic nitrogens is 2. The molecule has 1 unspecified atom stereocenters. The smallest absolute Gasteiger partial charge is 0.161 e. The van der Waals surface area contributed by atoms with E-state index >= 15 is 0 Å². The van der Waals surface area contributed by atoms with Crippen LogP contribution in [0.3, 0.4) is 0 Å². The number of hydrogen-bond acceptors (Lipinski definition) is 4. The predicted molar refractivity (Wildman–Crippen MR) is 82.8 cm³/mol. The first-order valence-corrected chi connectivity index (χ1v) is 7.10. The van der Waals surface area contributed by atoms with Gasteiger partial charge in [0.2, 0.25) is 0 Å². The van der Waals surface area contributed by atoms with Crippen molar-refractivity contribution in [2.24, 2.45) is 5.84 Å². The molecular weight excluding hydrogens is 355 g/mol. The average molecular weight is 372 g/mol. The Bertz CT molecular complexity index is 534. The molecule has 0 aliphatic heterocycles. The molecule has 1 aromatic carbocycles. The molecule has 0 aliphatic rings. The molecule has 2 rings (SSSR count). The zero-order valence-electron chi connectivity index (χ0n) is 10.9. The van der Waals surface area contributed by atoms with Crippen LogP contribution in [0.2, 0.25) is 0 Å². The highest BCUT2D eigenvalue weighted by atomic mass is 127. The van der Waals surface area contributed by atoms with Gasteiger partial charge in [-0.1, -0.05) is 12.1 Å². The summed E-state index contributed by atoms with van der Waals surface area (Å²) in [6.45, 7) is 2.80. The molecule has 5 nitrogen and oxygen atoms in total. The van der Waals surface area contributed by atoms with Crippen LogP contribution in [-0.2, 0) is 6.54 Å². The maximum atomic E-state index is 5.74. The normalized spacial score (nSPS) is 12.4. The van der Waals surface area contributed by atoms with Gasteiger partial charge in [0.25, 0.3) is 0 Å². The third kappa shape index (κ3) is 2.90. The van der Waals surface area contributed by atoms with E-state index in [9.17, 15) is 0 Å². The summed E-state index contributed by atoms with van der Waals surface area (Å²) in [7, 11) is 1.64. The molecule has 102 valence electrons. The Balaban J connectivity index is 2.50. The van der Waals surface area contributed by atoms with Crippen LogP contribution in [-0.4, -0.2) is 16.9 Å². The lowest BCUT2D eigenvalue weighted by Gasteiger charge is -2.19. The van der Waals surface area contributed by atoms with Crippen LogP contribution in [0.1, 0.15) is 24.2 Å². The molecule has 0 saturated carbocycles. The molecule has 0 radical (unpaired) electrons. The number of methoxy groups -OCH3 is 1. The molecule has 1 atom stereocenters. The van der Waals surface area contributed by atoms with Crippen LogP contribution in [0.4, 0.5) is 0 Å². The third-order valence-corrected chi connectivity index (χ3v) is 3.66. The summed E-state index contributed by atoms with van der Waals surface area (Å²) < 4.78 is 8.44. The fourth-order valence-electron chi connectivity index (χ4n) is 2.10. The van der Waals surface area contributed by atoms with E-state index in [0.717, 1.165) is 27.1 Å². The number of ether oxygens (including phenoxy) is 1. The van der Waals surface area contributed by atoms with Gasteiger partial charge in [-0.2, -0.15) is 5.10 Å². The highest BCUT2D eigenvalue weighted by Gasteiger charge is 2.22. The zero-order chi connectivity index (χ0) is 13.8. The number of nitrogens with two attached hydrogens (primary N) is 1. The quantitative estimate of drug-likeness (QED) is 0.479. The maximum Gasteiger partial charge on any atom is 0.161 e. The van der Waals surface area contributed by atoms with Crippen molar-refractivity contribution in [2.45, 2.75) is 19.5 Å². The first-order valence-electron chi connectivity index (χ1n) is 6.02. The molecule has 0 bridgehead atoms. The second-order valence-electron chi connectivity index (χ2n) is 4.07. The van der Waals surface area contributed by atoms with Crippen LogP contribution in [0.25, 0.3) is 0 Å². The minimum Gasteiger partial charge on any atom is -0.493 e. The lowest BCUT2D eigenvalue weighted by molar-refractivity contribution is 0.399. The number of hydrazine groups is 1. The van der Waals surface area contributed by atoms with Gasteiger partial charge in [-0.25, -0.2) is 5.43 Å². The van der Waals surface area contributed by atoms with E-state index in [-0.39, 0.29) is 6.04 Å². The van der Waals surface area contributed by atoms with Gasteiger partial charge in [-0.3, -0.25) is 10.5 Å². The van der Waals surface area contributed by atoms with E-state index in [1.165, 1.54) is 0 Å². The number of nitrogens with zero attached hydrogens (tertiary/aromatic N) is 2. The maximum absolute atomic E-state index is 5.74. The highest BCUT2D eigenvalue weighted by Crippen LogP contribution is 2.30. The summed E-state index contributed by atoms with van der Waals surface area (Å²) in [4.78, 5) is 0. The molecule has 1 aromatic heterocycles. The molecule has 1 heterocycles. The lowest BCUT2D eigenvalue weighted by Crippen LogP contribution is -2.31. The standard InChI is InChI=1S/C13H17IN4O/c1-3-18-13(11(19-2)8-16-18)12(17-15)9-5-4-6-10(14)7-9/h4-8,12,17H,3,15H2,1-2H3. The van der Waals surface area contributed by atoms with Crippen molar-refractivity contribution in [1.29, 1.82) is 0 Å². The largest absolute Gasteiger partial charge is 0.493 e. The molecule has 6 heteroatoms. The molecule has 0 saturated heterocycles. The fraction of sp³-hybridized carbons (Fsp3) is 0.308. The van der Waals surface area contributed by atoms with Crippen LogP contribution in [0, 0.1) is 3.57 Å². The van der Waals surface area contributed by atoms with Gasteiger partial charge >= 0.3 is 0 Å². The van der Waals surface area contributed by atoms with Crippen molar-refractivity contribution in [3.8, 4) is 5.75 Å². The summed E-state index contributed by atoms with van der Waals surface area (Å²) in [5.74, 6) is 6.48. The molecule has 0 amide bonds. The predicted octanol–water partition coefficient (Wildman–Crippen LogP) is 2.07. The minimum absolute atomic E-state index is 0.146. The van der Waals surface area contributed by atoms with E-state index in [1.807, 2.05) is 29.8 Å². The van der Waals surface area contributed by atoms with E-state index < -0.39 is 0 Å². The lowest BCUT2D eigenvalue weighted by atomic mass is 10.0. The Hall–Kier alpha value is -1.12. The fourth-order valence-corrected chi connectivity index (χ4v) is 2.66. The zero-order valence-corrected chi connectivity index (χ0v) is 13.1.